The molecule has 0 aromatic carbocycles. The molecule has 2 saturated carbocycles. The lowest BCUT2D eigenvalue weighted by Gasteiger charge is -2.23. The van der Waals surface area contributed by atoms with Crippen LogP contribution >= 0.6 is 0 Å². The number of nitrogens with zero attached hydrogens (tertiary/aromatic N) is 1. The van der Waals surface area contributed by atoms with Crippen LogP contribution in [0.3, 0.4) is 0 Å². The monoisotopic (exact) mass is 264 g/mol. The largest absolute Gasteiger partial charge is 0.401 e. The van der Waals surface area contributed by atoms with E-state index in [4.69, 9.17) is 0 Å². The van der Waals surface area contributed by atoms with Gasteiger partial charge in [0.1, 0.15) is 0 Å². The first-order chi connectivity index (χ1) is 8.54. The number of nitrogens with one attached hydrogen (secondary N) is 1. The van der Waals surface area contributed by atoms with Crippen molar-refractivity contribution < 1.29 is 13.2 Å². The minimum atomic E-state index is -4.05. The van der Waals surface area contributed by atoms with Crippen LogP contribution in [-0.2, 0) is 0 Å². The molecule has 0 aliphatic heterocycles. The van der Waals surface area contributed by atoms with Crippen molar-refractivity contribution in [1.29, 1.82) is 0 Å². The molecule has 2 nitrogen and oxygen atoms in total. The highest BCUT2D eigenvalue weighted by atomic mass is 19.4. The summed E-state index contributed by atoms with van der Waals surface area (Å²) in [4.78, 5) is 1.62. The van der Waals surface area contributed by atoms with Gasteiger partial charge in [0.05, 0.1) is 6.54 Å². The molecule has 2 rings (SSSR count). The second-order valence-corrected chi connectivity index (χ2v) is 5.61. The van der Waals surface area contributed by atoms with E-state index < -0.39 is 12.7 Å². The molecule has 106 valence electrons. The van der Waals surface area contributed by atoms with Crippen LogP contribution in [0.25, 0.3) is 0 Å². The predicted octanol–water partition coefficient (Wildman–Crippen LogP) is 2.94. The molecule has 0 heterocycles. The predicted molar refractivity (Wildman–Crippen MR) is 65.5 cm³/mol. The summed E-state index contributed by atoms with van der Waals surface area (Å²) < 4.78 is 37.1. The van der Waals surface area contributed by atoms with E-state index in [-0.39, 0.29) is 6.04 Å². The van der Waals surface area contributed by atoms with Gasteiger partial charge >= 0.3 is 6.18 Å². The summed E-state index contributed by atoms with van der Waals surface area (Å²) >= 11 is 0. The lowest BCUT2D eigenvalue weighted by molar-refractivity contribution is -0.147. The molecular weight excluding hydrogens is 241 g/mol. The summed E-state index contributed by atoms with van der Waals surface area (Å²) in [5, 5.41) is 3.42. The Labute approximate surface area is 107 Å². The van der Waals surface area contributed by atoms with Crippen LogP contribution in [0.2, 0.25) is 0 Å². The normalized spacial score (nSPS) is 20.7. The third kappa shape index (κ3) is 6.05. The summed E-state index contributed by atoms with van der Waals surface area (Å²) in [5.41, 5.74) is 0. The molecule has 0 spiro atoms. The molecule has 0 radical (unpaired) electrons. The third-order valence-corrected chi connectivity index (χ3v) is 3.58. The molecule has 5 heteroatoms. The van der Waals surface area contributed by atoms with Gasteiger partial charge in [0.15, 0.2) is 0 Å². The molecule has 1 N–H and O–H groups in total. The second kappa shape index (κ2) is 6.24. The van der Waals surface area contributed by atoms with E-state index in [0.717, 1.165) is 44.7 Å². The standard InChI is InChI=1S/C13H23F3N2/c14-13(15,16)10-18(12-6-7-12)9-3-1-2-8-17-11-4-5-11/h11-12,17H,1-10H2. The van der Waals surface area contributed by atoms with E-state index in [1.807, 2.05) is 0 Å². The molecule has 0 aromatic heterocycles. The number of rotatable bonds is 9. The Bertz CT molecular complexity index is 247. The summed E-state index contributed by atoms with van der Waals surface area (Å²) in [6.45, 7) is 0.902. The zero-order valence-electron chi connectivity index (χ0n) is 10.8. The van der Waals surface area contributed by atoms with Crippen LogP contribution in [0.5, 0.6) is 0 Å². The molecule has 2 aliphatic rings. The third-order valence-electron chi connectivity index (χ3n) is 3.58. The molecule has 0 bridgehead atoms. The highest BCUT2D eigenvalue weighted by Gasteiger charge is 2.37. The molecular formula is C13H23F3N2. The SMILES string of the molecule is FC(F)(F)CN(CCCCCNC1CC1)C1CC1. The fourth-order valence-electron chi connectivity index (χ4n) is 2.27. The van der Waals surface area contributed by atoms with Gasteiger partial charge in [-0.1, -0.05) is 6.42 Å². The molecule has 0 atom stereocenters. The van der Waals surface area contributed by atoms with Gasteiger partial charge in [-0.2, -0.15) is 13.2 Å². The molecule has 0 saturated heterocycles. The lowest BCUT2D eigenvalue weighted by Crippen LogP contribution is -2.36. The lowest BCUT2D eigenvalue weighted by atomic mass is 10.2. The van der Waals surface area contributed by atoms with Crippen LogP contribution in [-0.4, -0.2) is 42.8 Å². The average molecular weight is 264 g/mol. The maximum atomic E-state index is 12.4. The molecule has 0 unspecified atom stereocenters. The zero-order chi connectivity index (χ0) is 13.0. The maximum Gasteiger partial charge on any atom is 0.401 e. The van der Waals surface area contributed by atoms with Crippen molar-refractivity contribution in [2.24, 2.45) is 0 Å². The number of halogens is 3. The van der Waals surface area contributed by atoms with Crippen molar-refractivity contribution in [3.8, 4) is 0 Å². The highest BCUT2D eigenvalue weighted by molar-refractivity contribution is 4.85. The van der Waals surface area contributed by atoms with E-state index in [1.165, 1.54) is 12.8 Å². The van der Waals surface area contributed by atoms with Crippen molar-refractivity contribution in [2.45, 2.75) is 63.2 Å². The molecule has 2 aliphatic carbocycles. The van der Waals surface area contributed by atoms with Crippen molar-refractivity contribution in [3.05, 3.63) is 0 Å². The smallest absolute Gasteiger partial charge is 0.314 e. The van der Waals surface area contributed by atoms with E-state index in [9.17, 15) is 13.2 Å². The Hall–Kier alpha value is -0.290. The van der Waals surface area contributed by atoms with Crippen LogP contribution in [0.1, 0.15) is 44.9 Å². The molecule has 2 fully saturated rings. The fourth-order valence-corrected chi connectivity index (χ4v) is 2.27. The van der Waals surface area contributed by atoms with Gasteiger partial charge in [-0.3, -0.25) is 4.90 Å². The summed E-state index contributed by atoms with van der Waals surface area (Å²) in [6, 6.07) is 0.939. The van der Waals surface area contributed by atoms with Crippen molar-refractivity contribution in [3.63, 3.8) is 0 Å². The van der Waals surface area contributed by atoms with Crippen molar-refractivity contribution >= 4 is 0 Å². The van der Waals surface area contributed by atoms with Crippen LogP contribution < -0.4 is 5.32 Å². The van der Waals surface area contributed by atoms with E-state index >= 15 is 0 Å². The molecule has 18 heavy (non-hydrogen) atoms. The van der Waals surface area contributed by atoms with E-state index in [0.29, 0.717) is 6.54 Å². The van der Waals surface area contributed by atoms with E-state index in [1.54, 1.807) is 4.90 Å². The van der Waals surface area contributed by atoms with Crippen LogP contribution in [0, 0.1) is 0 Å². The van der Waals surface area contributed by atoms with Crippen molar-refractivity contribution in [1.82, 2.24) is 10.2 Å². The summed E-state index contributed by atoms with van der Waals surface area (Å²) in [5.74, 6) is 0. The average Bonchev–Trinajstić information content (AvgIpc) is 3.14. The van der Waals surface area contributed by atoms with Gasteiger partial charge in [0.2, 0.25) is 0 Å². The van der Waals surface area contributed by atoms with Crippen LogP contribution in [0.15, 0.2) is 0 Å². The number of hydrogen-bond donors (Lipinski definition) is 1. The zero-order valence-corrected chi connectivity index (χ0v) is 10.8. The number of hydrogen-bond acceptors (Lipinski definition) is 2. The maximum absolute atomic E-state index is 12.4. The van der Waals surface area contributed by atoms with Crippen LogP contribution in [0.4, 0.5) is 13.2 Å². The van der Waals surface area contributed by atoms with Gasteiger partial charge in [0.25, 0.3) is 0 Å². The van der Waals surface area contributed by atoms with Crippen molar-refractivity contribution in [2.75, 3.05) is 19.6 Å². The highest BCUT2D eigenvalue weighted by Crippen LogP contribution is 2.30. The fraction of sp³-hybridized carbons (Fsp3) is 1.00. The van der Waals surface area contributed by atoms with Gasteiger partial charge in [-0.05, 0) is 51.6 Å². The minimum Gasteiger partial charge on any atom is -0.314 e. The number of unbranched alkanes of at least 4 members (excludes halogenated alkanes) is 2. The first kappa shape index (κ1) is 14.1. The first-order valence-corrected chi connectivity index (χ1v) is 7.09. The Morgan fingerprint density at radius 1 is 1.00 bits per heavy atom. The Morgan fingerprint density at radius 2 is 1.72 bits per heavy atom. The Morgan fingerprint density at radius 3 is 2.28 bits per heavy atom. The first-order valence-electron chi connectivity index (χ1n) is 7.09. The quantitative estimate of drug-likeness (QED) is 0.644. The molecule has 0 amide bonds. The van der Waals surface area contributed by atoms with Gasteiger partial charge in [-0.15, -0.1) is 0 Å². The Kier molecular flexibility index (Phi) is 4.90. The Balaban J connectivity index is 1.51. The molecule has 0 aromatic rings. The topological polar surface area (TPSA) is 15.3 Å². The van der Waals surface area contributed by atoms with Gasteiger partial charge in [0, 0.05) is 12.1 Å². The van der Waals surface area contributed by atoms with Gasteiger partial charge < -0.3 is 5.32 Å². The second-order valence-electron chi connectivity index (χ2n) is 5.61. The van der Waals surface area contributed by atoms with Gasteiger partial charge in [-0.25, -0.2) is 0 Å². The minimum absolute atomic E-state index is 0.205. The summed E-state index contributed by atoms with van der Waals surface area (Å²) in [7, 11) is 0. The summed E-state index contributed by atoms with van der Waals surface area (Å²) in [6.07, 6.45) is 3.43. The van der Waals surface area contributed by atoms with E-state index in [2.05, 4.69) is 5.32 Å². The number of alkyl halides is 3.